The van der Waals surface area contributed by atoms with Crippen LogP contribution in [0.5, 0.6) is 0 Å². The zero-order valence-corrected chi connectivity index (χ0v) is 19.5. The Kier molecular flexibility index (Phi) is 6.30. The molecule has 1 saturated heterocycles. The maximum atomic E-state index is 12.9. The van der Waals surface area contributed by atoms with Crippen LogP contribution in [0.1, 0.15) is 57.1 Å². The van der Waals surface area contributed by atoms with Crippen LogP contribution in [0.25, 0.3) is 0 Å². The highest BCUT2D eigenvalue weighted by Gasteiger charge is 2.38. The largest absolute Gasteiger partial charge is 0.467 e. The molecule has 0 N–H and O–H groups in total. The molecule has 180 valence electrons. The zero-order chi connectivity index (χ0) is 24.6. The lowest BCUT2D eigenvalue weighted by molar-refractivity contribution is -0.141. The van der Waals surface area contributed by atoms with Crippen molar-refractivity contribution >= 4 is 33.5 Å². The van der Waals surface area contributed by atoms with Crippen LogP contribution in [0.15, 0.2) is 41.0 Å². The fourth-order valence-electron chi connectivity index (χ4n) is 4.25. The first-order valence-corrected chi connectivity index (χ1v) is 12.7. The Hall–Kier alpha value is -3.47. The van der Waals surface area contributed by atoms with Gasteiger partial charge >= 0.3 is 5.97 Å². The number of hydrogen-bond donors (Lipinski definition) is 0. The number of nitrogens with zero attached hydrogens (tertiary/aromatic N) is 2. The van der Waals surface area contributed by atoms with E-state index in [4.69, 9.17) is 9.15 Å². The second kappa shape index (κ2) is 9.05. The zero-order valence-electron chi connectivity index (χ0n) is 18.7. The quantitative estimate of drug-likeness (QED) is 0.425. The number of imide groups is 1. The summed E-state index contributed by atoms with van der Waals surface area (Å²) < 4.78 is 34.1. The number of carbonyl (C=O) groups is 4. The van der Waals surface area contributed by atoms with Crippen molar-refractivity contribution in [1.29, 1.82) is 0 Å². The highest BCUT2D eigenvalue weighted by atomic mass is 32.2. The number of furan rings is 1. The van der Waals surface area contributed by atoms with Gasteiger partial charge in [-0.2, -0.15) is 0 Å². The van der Waals surface area contributed by atoms with Crippen molar-refractivity contribution in [3.05, 3.63) is 59.0 Å². The summed E-state index contributed by atoms with van der Waals surface area (Å²) in [6, 6.07) is 6.86. The molecule has 1 fully saturated rings. The van der Waals surface area contributed by atoms with Crippen LogP contribution in [0.4, 0.5) is 0 Å². The number of esters is 1. The lowest BCUT2D eigenvalue weighted by atomic mass is 10.1. The third-order valence-corrected chi connectivity index (χ3v) is 7.76. The molecule has 11 heteroatoms. The van der Waals surface area contributed by atoms with Gasteiger partial charge in [-0.25, -0.2) is 13.2 Å². The van der Waals surface area contributed by atoms with Crippen molar-refractivity contribution in [2.45, 2.75) is 39.0 Å². The molecule has 2 aliphatic heterocycles. The van der Waals surface area contributed by atoms with E-state index in [1.807, 2.05) is 0 Å². The van der Waals surface area contributed by atoms with Crippen LogP contribution in [0.3, 0.4) is 0 Å². The number of sulfone groups is 1. The molecule has 0 unspecified atom stereocenters. The Morgan fingerprint density at radius 1 is 1.21 bits per heavy atom. The van der Waals surface area contributed by atoms with E-state index in [1.165, 1.54) is 36.3 Å². The van der Waals surface area contributed by atoms with E-state index in [9.17, 15) is 27.6 Å². The molecule has 3 heterocycles. The summed E-state index contributed by atoms with van der Waals surface area (Å²) in [6.07, 6.45) is 0.629. The molecule has 2 aromatic rings. The highest BCUT2D eigenvalue weighted by Crippen LogP contribution is 2.26. The van der Waals surface area contributed by atoms with Gasteiger partial charge in [-0.3, -0.25) is 19.3 Å². The molecule has 2 atom stereocenters. The summed E-state index contributed by atoms with van der Waals surface area (Å²) in [5.41, 5.74) is 0.249. The Bertz CT molecular complexity index is 1250. The van der Waals surface area contributed by atoms with Gasteiger partial charge in [0.15, 0.2) is 15.9 Å². The van der Waals surface area contributed by atoms with Crippen LogP contribution in [-0.2, 0) is 25.9 Å². The molecular weight excluding hydrogens is 464 g/mol. The minimum Gasteiger partial charge on any atom is -0.467 e. The molecule has 34 heavy (non-hydrogen) atoms. The minimum atomic E-state index is -3.18. The van der Waals surface area contributed by atoms with Gasteiger partial charge in [0.1, 0.15) is 5.76 Å². The first kappa shape index (κ1) is 23.7. The summed E-state index contributed by atoms with van der Waals surface area (Å²) in [5.74, 6) is -2.02. The van der Waals surface area contributed by atoms with Crippen LogP contribution < -0.4 is 0 Å². The monoisotopic (exact) mass is 488 g/mol. The number of amides is 3. The van der Waals surface area contributed by atoms with Gasteiger partial charge in [0, 0.05) is 12.6 Å². The van der Waals surface area contributed by atoms with Crippen molar-refractivity contribution in [3.63, 3.8) is 0 Å². The molecule has 1 aromatic heterocycles. The van der Waals surface area contributed by atoms with Crippen LogP contribution in [0.2, 0.25) is 0 Å². The highest BCUT2D eigenvalue weighted by molar-refractivity contribution is 7.91. The number of carbonyl (C=O) groups excluding carboxylic acids is 4. The number of rotatable bonds is 7. The Morgan fingerprint density at radius 2 is 1.94 bits per heavy atom. The molecule has 10 nitrogen and oxygen atoms in total. The Labute approximate surface area is 196 Å². The first-order valence-electron chi connectivity index (χ1n) is 10.9. The topological polar surface area (TPSA) is 131 Å². The maximum Gasteiger partial charge on any atom is 0.338 e. The molecule has 2 aliphatic rings. The summed E-state index contributed by atoms with van der Waals surface area (Å²) in [5, 5.41) is 0. The van der Waals surface area contributed by atoms with Crippen LogP contribution in [-0.4, -0.2) is 72.1 Å². The number of benzene rings is 1. The van der Waals surface area contributed by atoms with Crippen molar-refractivity contribution < 1.29 is 36.7 Å². The van der Waals surface area contributed by atoms with E-state index in [2.05, 4.69) is 0 Å². The van der Waals surface area contributed by atoms with Crippen molar-refractivity contribution in [2.24, 2.45) is 0 Å². The van der Waals surface area contributed by atoms with E-state index < -0.39 is 45.7 Å². The van der Waals surface area contributed by atoms with E-state index in [0.29, 0.717) is 12.2 Å². The lowest BCUT2D eigenvalue weighted by Crippen LogP contribution is -2.46. The number of hydrogen-bond acceptors (Lipinski definition) is 8. The molecule has 0 spiro atoms. The molecule has 1 aromatic carbocycles. The molecule has 0 saturated carbocycles. The maximum absolute atomic E-state index is 12.9. The van der Waals surface area contributed by atoms with Crippen LogP contribution >= 0.6 is 0 Å². The van der Waals surface area contributed by atoms with Gasteiger partial charge in [-0.05, 0) is 50.6 Å². The first-order chi connectivity index (χ1) is 16.1. The van der Waals surface area contributed by atoms with Crippen molar-refractivity contribution in [2.75, 3.05) is 18.1 Å². The van der Waals surface area contributed by atoms with Crippen LogP contribution in [0, 0.1) is 0 Å². The fourth-order valence-corrected chi connectivity index (χ4v) is 5.98. The van der Waals surface area contributed by atoms with Gasteiger partial charge in [0.25, 0.3) is 17.7 Å². The molecular formula is C23H24N2O8S. The molecule has 0 aliphatic carbocycles. The normalized spacial score (nSPS) is 19.7. The van der Waals surface area contributed by atoms with Crippen molar-refractivity contribution in [3.8, 4) is 0 Å². The van der Waals surface area contributed by atoms with E-state index in [-0.39, 0.29) is 41.3 Å². The Balaban J connectivity index is 1.45. The van der Waals surface area contributed by atoms with Crippen molar-refractivity contribution in [1.82, 2.24) is 9.80 Å². The molecule has 4 rings (SSSR count). The molecule has 0 radical (unpaired) electrons. The summed E-state index contributed by atoms with van der Waals surface area (Å²) in [4.78, 5) is 53.4. The third-order valence-electron chi connectivity index (χ3n) is 6.00. The standard InChI is InChI=1S/C23H24N2O8S/c1-3-24(16-8-10-34(30,31)13-16)20(26)14(2)33-23(29)15-6-7-18-19(11-15)22(28)25(21(18)27)12-17-5-4-9-32-17/h4-7,9,11,14,16H,3,8,10,12-13H2,1-2H3/t14-,16-/m1/s1. The SMILES string of the molecule is CCN(C(=O)[C@@H](C)OC(=O)c1ccc2c(c1)C(=O)N(Cc1ccco1)C2=O)[C@@H]1CCS(=O)(=O)C1. The fraction of sp³-hybridized carbons (Fsp3) is 0.391. The lowest BCUT2D eigenvalue weighted by Gasteiger charge is -2.29. The van der Waals surface area contributed by atoms with E-state index in [0.717, 1.165) is 4.90 Å². The van der Waals surface area contributed by atoms with Gasteiger partial charge in [-0.1, -0.05) is 0 Å². The number of fused-ring (bicyclic) bond motifs is 1. The van der Waals surface area contributed by atoms with Gasteiger partial charge in [0.05, 0.1) is 41.0 Å². The molecule has 3 amide bonds. The predicted molar refractivity (Wildman–Crippen MR) is 119 cm³/mol. The molecule has 0 bridgehead atoms. The minimum absolute atomic E-state index is 0.0193. The van der Waals surface area contributed by atoms with Gasteiger partial charge in [-0.15, -0.1) is 0 Å². The third kappa shape index (κ3) is 4.47. The van der Waals surface area contributed by atoms with Gasteiger partial charge in [0.2, 0.25) is 0 Å². The average molecular weight is 489 g/mol. The second-order valence-corrected chi connectivity index (χ2v) is 10.5. The summed E-state index contributed by atoms with van der Waals surface area (Å²) in [7, 11) is -3.18. The summed E-state index contributed by atoms with van der Waals surface area (Å²) in [6.45, 7) is 3.39. The number of likely N-dealkylation sites (N-methyl/N-ethyl adjacent to an activating group) is 1. The Morgan fingerprint density at radius 3 is 2.56 bits per heavy atom. The average Bonchev–Trinajstić information content (AvgIpc) is 3.50. The second-order valence-electron chi connectivity index (χ2n) is 8.26. The van der Waals surface area contributed by atoms with Gasteiger partial charge < -0.3 is 14.1 Å². The number of ether oxygens (including phenoxy) is 1. The summed E-state index contributed by atoms with van der Waals surface area (Å²) >= 11 is 0. The van der Waals surface area contributed by atoms with E-state index >= 15 is 0 Å². The smallest absolute Gasteiger partial charge is 0.338 e. The van der Waals surface area contributed by atoms with E-state index in [1.54, 1.807) is 19.1 Å². The predicted octanol–water partition coefficient (Wildman–Crippen LogP) is 1.66.